The van der Waals surface area contributed by atoms with Gasteiger partial charge >= 0.3 is 0 Å². The van der Waals surface area contributed by atoms with Gasteiger partial charge in [-0.05, 0) is 0 Å². The molecule has 0 saturated carbocycles. The van der Waals surface area contributed by atoms with E-state index in [4.69, 9.17) is 4.74 Å². The van der Waals surface area contributed by atoms with Gasteiger partial charge in [0.05, 0.1) is 12.7 Å². The average molecular weight is 179 g/mol. The minimum atomic E-state index is -0.518. The number of amides is 2. The maximum Gasteiger partial charge on any atom is 0.279 e. The minimum Gasteiger partial charge on any atom is -0.480 e. The first kappa shape index (κ1) is 7.66. The molecule has 0 saturated heterocycles. The number of ether oxygens (including phenoxy) is 1. The third kappa shape index (κ3) is 1.03. The van der Waals surface area contributed by atoms with Crippen LogP contribution in [0.15, 0.2) is 6.07 Å². The summed E-state index contributed by atoms with van der Waals surface area (Å²) in [7, 11) is 1.41. The number of nitrogens with zero attached hydrogens (tertiary/aromatic N) is 2. The zero-order chi connectivity index (χ0) is 9.42. The lowest BCUT2D eigenvalue weighted by atomic mass is 10.2. The van der Waals surface area contributed by atoms with Gasteiger partial charge in [0.2, 0.25) is 5.88 Å². The van der Waals surface area contributed by atoms with Crippen LogP contribution in [0.5, 0.6) is 5.88 Å². The van der Waals surface area contributed by atoms with Crippen LogP contribution in [0.4, 0.5) is 0 Å². The number of fused-ring (bicyclic) bond motifs is 1. The summed E-state index contributed by atoms with van der Waals surface area (Å²) in [6, 6.07) is 1.38. The largest absolute Gasteiger partial charge is 0.480 e. The summed E-state index contributed by atoms with van der Waals surface area (Å²) < 4.78 is 4.76. The third-order valence-corrected chi connectivity index (χ3v) is 1.67. The fourth-order valence-corrected chi connectivity index (χ4v) is 1.04. The molecule has 0 aliphatic carbocycles. The molecule has 66 valence electrons. The highest BCUT2D eigenvalue weighted by Crippen LogP contribution is 2.15. The van der Waals surface area contributed by atoms with Crippen LogP contribution in [0.2, 0.25) is 0 Å². The maximum atomic E-state index is 11.1. The summed E-state index contributed by atoms with van der Waals surface area (Å²) in [5.74, 6) is -0.771. The molecule has 2 amide bonds. The van der Waals surface area contributed by atoms with Crippen molar-refractivity contribution in [2.45, 2.75) is 0 Å². The highest BCUT2D eigenvalue weighted by molar-refractivity contribution is 6.20. The van der Waals surface area contributed by atoms with Gasteiger partial charge in [-0.25, -0.2) is 0 Å². The molecule has 1 aromatic heterocycles. The number of nitrogens with one attached hydrogen (secondary N) is 1. The van der Waals surface area contributed by atoms with Gasteiger partial charge in [0, 0.05) is 6.07 Å². The lowest BCUT2D eigenvalue weighted by Crippen LogP contribution is -2.20. The van der Waals surface area contributed by atoms with E-state index in [-0.39, 0.29) is 17.1 Å². The van der Waals surface area contributed by atoms with Crippen molar-refractivity contribution in [2.75, 3.05) is 7.11 Å². The number of carbonyl (C=O) groups is 2. The lowest BCUT2D eigenvalue weighted by molar-refractivity contribution is 0.0878. The summed E-state index contributed by atoms with van der Waals surface area (Å²) in [4.78, 5) is 22.1. The van der Waals surface area contributed by atoms with Crippen LogP contribution in [0.1, 0.15) is 20.8 Å². The molecule has 0 radical (unpaired) electrons. The SMILES string of the molecule is COc1cc2c(nn1)C(=O)NC2=O. The lowest BCUT2D eigenvalue weighted by Gasteiger charge is -1.96. The number of methoxy groups -OCH3 is 1. The Morgan fingerprint density at radius 1 is 1.31 bits per heavy atom. The van der Waals surface area contributed by atoms with Crippen LogP contribution in [-0.4, -0.2) is 29.1 Å². The van der Waals surface area contributed by atoms with Crippen molar-refractivity contribution in [1.82, 2.24) is 15.5 Å². The molecule has 2 heterocycles. The van der Waals surface area contributed by atoms with Crippen molar-refractivity contribution in [3.05, 3.63) is 17.3 Å². The molecular weight excluding hydrogens is 174 g/mol. The number of aromatic nitrogens is 2. The van der Waals surface area contributed by atoms with E-state index in [1.807, 2.05) is 0 Å². The molecular formula is C7H5N3O3. The third-order valence-electron chi connectivity index (χ3n) is 1.67. The van der Waals surface area contributed by atoms with Crippen LogP contribution >= 0.6 is 0 Å². The van der Waals surface area contributed by atoms with Gasteiger partial charge in [0.15, 0.2) is 5.69 Å². The van der Waals surface area contributed by atoms with Gasteiger partial charge in [-0.15, -0.1) is 10.2 Å². The van der Waals surface area contributed by atoms with E-state index in [1.165, 1.54) is 13.2 Å². The summed E-state index contributed by atoms with van der Waals surface area (Å²) >= 11 is 0. The highest BCUT2D eigenvalue weighted by atomic mass is 16.5. The van der Waals surface area contributed by atoms with E-state index in [2.05, 4.69) is 15.5 Å². The van der Waals surface area contributed by atoms with Crippen LogP contribution in [0.3, 0.4) is 0 Å². The number of rotatable bonds is 1. The first-order chi connectivity index (χ1) is 6.22. The van der Waals surface area contributed by atoms with E-state index in [0.29, 0.717) is 0 Å². The Labute approximate surface area is 72.9 Å². The Hall–Kier alpha value is -1.98. The molecule has 0 atom stereocenters. The van der Waals surface area contributed by atoms with Gasteiger partial charge in [-0.3, -0.25) is 14.9 Å². The van der Waals surface area contributed by atoms with Crippen LogP contribution in [0.25, 0.3) is 0 Å². The quantitative estimate of drug-likeness (QED) is 0.580. The van der Waals surface area contributed by atoms with Crippen LogP contribution < -0.4 is 10.1 Å². The second kappa shape index (κ2) is 2.51. The molecule has 1 N–H and O–H groups in total. The fourth-order valence-electron chi connectivity index (χ4n) is 1.04. The molecule has 1 aliphatic rings. The Morgan fingerprint density at radius 2 is 2.08 bits per heavy atom. The van der Waals surface area contributed by atoms with Gasteiger partial charge in [-0.2, -0.15) is 0 Å². The molecule has 0 bridgehead atoms. The van der Waals surface area contributed by atoms with Crippen LogP contribution in [0, 0.1) is 0 Å². The first-order valence-electron chi connectivity index (χ1n) is 3.50. The van der Waals surface area contributed by atoms with Crippen molar-refractivity contribution in [1.29, 1.82) is 0 Å². The van der Waals surface area contributed by atoms with Crippen molar-refractivity contribution in [2.24, 2.45) is 0 Å². The first-order valence-corrected chi connectivity index (χ1v) is 3.50. The standard InChI is InChI=1S/C7H5N3O3/c1-13-4-2-3-5(10-9-4)7(12)8-6(3)11/h2H,1H3,(H,8,11,12). The average Bonchev–Trinajstić information content (AvgIpc) is 2.42. The number of hydrogen-bond donors (Lipinski definition) is 1. The van der Waals surface area contributed by atoms with Gasteiger partial charge in [0.25, 0.3) is 11.8 Å². The topological polar surface area (TPSA) is 81.2 Å². The van der Waals surface area contributed by atoms with Crippen molar-refractivity contribution in [3.63, 3.8) is 0 Å². The summed E-state index contributed by atoms with van der Waals surface area (Å²) in [5, 5.41) is 9.22. The number of imide groups is 1. The highest BCUT2D eigenvalue weighted by Gasteiger charge is 2.29. The van der Waals surface area contributed by atoms with Crippen molar-refractivity contribution < 1.29 is 14.3 Å². The fraction of sp³-hybridized carbons (Fsp3) is 0.143. The van der Waals surface area contributed by atoms with Crippen molar-refractivity contribution in [3.8, 4) is 5.88 Å². The second-order valence-electron chi connectivity index (χ2n) is 2.43. The van der Waals surface area contributed by atoms with E-state index in [0.717, 1.165) is 0 Å². The zero-order valence-electron chi connectivity index (χ0n) is 6.70. The van der Waals surface area contributed by atoms with Crippen LogP contribution in [-0.2, 0) is 0 Å². The van der Waals surface area contributed by atoms with Gasteiger partial charge in [0.1, 0.15) is 0 Å². The van der Waals surface area contributed by atoms with E-state index < -0.39 is 11.8 Å². The molecule has 1 aliphatic heterocycles. The van der Waals surface area contributed by atoms with Crippen molar-refractivity contribution >= 4 is 11.8 Å². The Balaban J connectivity index is 2.58. The summed E-state index contributed by atoms with van der Waals surface area (Å²) in [6.45, 7) is 0. The second-order valence-corrected chi connectivity index (χ2v) is 2.43. The van der Waals surface area contributed by atoms with Gasteiger partial charge < -0.3 is 4.74 Å². The molecule has 6 nitrogen and oxygen atoms in total. The predicted octanol–water partition coefficient (Wildman–Crippen LogP) is -0.631. The Kier molecular flexibility index (Phi) is 1.48. The number of carbonyl (C=O) groups excluding carboxylic acids is 2. The Morgan fingerprint density at radius 3 is 2.77 bits per heavy atom. The predicted molar refractivity (Wildman–Crippen MR) is 40.4 cm³/mol. The zero-order valence-corrected chi connectivity index (χ0v) is 6.70. The van der Waals surface area contributed by atoms with E-state index in [9.17, 15) is 9.59 Å². The molecule has 0 unspecified atom stereocenters. The smallest absolute Gasteiger partial charge is 0.279 e. The molecule has 0 spiro atoms. The molecule has 0 fully saturated rings. The van der Waals surface area contributed by atoms with Gasteiger partial charge in [-0.1, -0.05) is 0 Å². The molecule has 6 heteroatoms. The monoisotopic (exact) mass is 179 g/mol. The normalized spacial score (nSPS) is 13.9. The van der Waals surface area contributed by atoms with E-state index >= 15 is 0 Å². The molecule has 0 aromatic carbocycles. The molecule has 13 heavy (non-hydrogen) atoms. The summed E-state index contributed by atoms with van der Waals surface area (Å²) in [6.07, 6.45) is 0. The summed E-state index contributed by atoms with van der Waals surface area (Å²) in [5.41, 5.74) is 0.252. The maximum absolute atomic E-state index is 11.1. The molecule has 2 rings (SSSR count). The number of hydrogen-bond acceptors (Lipinski definition) is 5. The Bertz CT molecular complexity index is 402. The molecule has 1 aromatic rings. The van der Waals surface area contributed by atoms with E-state index in [1.54, 1.807) is 0 Å². The minimum absolute atomic E-state index is 0.0470.